The number of aliphatic hydroxyl groups is 1. The molecule has 0 aromatic heterocycles. The van der Waals surface area contributed by atoms with E-state index in [-0.39, 0.29) is 0 Å². The average molecular weight is 245 g/mol. The van der Waals surface area contributed by atoms with Crippen molar-refractivity contribution in [3.8, 4) is 0 Å². The SMILES string of the molecule is OCCCCCSCc1ccccc1Cl. The number of aliphatic hydroxyl groups excluding tert-OH is 1. The average Bonchev–Trinajstić information content (AvgIpc) is 2.25. The van der Waals surface area contributed by atoms with Crippen molar-refractivity contribution >= 4 is 23.4 Å². The lowest BCUT2D eigenvalue weighted by atomic mass is 10.2. The normalized spacial score (nSPS) is 10.5. The van der Waals surface area contributed by atoms with Crippen LogP contribution >= 0.6 is 23.4 Å². The van der Waals surface area contributed by atoms with Crippen molar-refractivity contribution in [1.29, 1.82) is 0 Å². The van der Waals surface area contributed by atoms with Crippen molar-refractivity contribution < 1.29 is 5.11 Å². The van der Waals surface area contributed by atoms with Gasteiger partial charge < -0.3 is 5.11 Å². The monoisotopic (exact) mass is 244 g/mol. The maximum atomic E-state index is 8.61. The summed E-state index contributed by atoms with van der Waals surface area (Å²) in [4.78, 5) is 0. The van der Waals surface area contributed by atoms with Gasteiger partial charge in [-0.3, -0.25) is 0 Å². The number of thioether (sulfide) groups is 1. The van der Waals surface area contributed by atoms with E-state index >= 15 is 0 Å². The molecule has 0 aliphatic carbocycles. The summed E-state index contributed by atoms with van der Waals surface area (Å²) in [5.41, 5.74) is 1.21. The number of hydrogen-bond acceptors (Lipinski definition) is 2. The largest absolute Gasteiger partial charge is 0.396 e. The van der Waals surface area contributed by atoms with Crippen molar-refractivity contribution in [3.05, 3.63) is 34.9 Å². The molecule has 0 saturated heterocycles. The third-order valence-electron chi connectivity index (χ3n) is 2.16. The molecule has 1 N–H and O–H groups in total. The molecule has 0 aliphatic rings. The number of unbranched alkanes of at least 4 members (excludes halogenated alkanes) is 2. The quantitative estimate of drug-likeness (QED) is 0.738. The molecule has 0 heterocycles. The van der Waals surface area contributed by atoms with Gasteiger partial charge in [0.2, 0.25) is 0 Å². The van der Waals surface area contributed by atoms with Crippen molar-refractivity contribution in [2.24, 2.45) is 0 Å². The van der Waals surface area contributed by atoms with E-state index in [1.807, 2.05) is 30.0 Å². The Morgan fingerprint density at radius 1 is 1.13 bits per heavy atom. The second-order valence-electron chi connectivity index (χ2n) is 3.43. The summed E-state index contributed by atoms with van der Waals surface area (Å²) in [6.45, 7) is 0.315. The summed E-state index contributed by atoms with van der Waals surface area (Å²) in [7, 11) is 0. The Bertz CT molecular complexity index is 278. The number of halogens is 1. The molecular formula is C12H17ClOS. The smallest absolute Gasteiger partial charge is 0.0446 e. The zero-order valence-electron chi connectivity index (χ0n) is 8.79. The van der Waals surface area contributed by atoms with Crippen molar-refractivity contribution in [3.63, 3.8) is 0 Å². The fourth-order valence-electron chi connectivity index (χ4n) is 1.29. The van der Waals surface area contributed by atoms with E-state index in [4.69, 9.17) is 16.7 Å². The van der Waals surface area contributed by atoms with Crippen LogP contribution in [0.5, 0.6) is 0 Å². The van der Waals surface area contributed by atoms with Gasteiger partial charge in [0.15, 0.2) is 0 Å². The first-order valence-corrected chi connectivity index (χ1v) is 6.80. The molecule has 0 saturated carbocycles. The predicted molar refractivity (Wildman–Crippen MR) is 68.6 cm³/mol. The molecule has 0 radical (unpaired) electrons. The highest BCUT2D eigenvalue weighted by atomic mass is 35.5. The summed E-state index contributed by atoms with van der Waals surface area (Å²) in [5.74, 6) is 2.13. The van der Waals surface area contributed by atoms with E-state index in [0.717, 1.165) is 29.4 Å². The van der Waals surface area contributed by atoms with Crippen LogP contribution in [0.3, 0.4) is 0 Å². The van der Waals surface area contributed by atoms with Gasteiger partial charge in [0.1, 0.15) is 0 Å². The zero-order valence-corrected chi connectivity index (χ0v) is 10.4. The minimum Gasteiger partial charge on any atom is -0.396 e. The molecule has 1 aromatic rings. The van der Waals surface area contributed by atoms with Crippen LogP contribution in [0, 0.1) is 0 Å². The molecule has 0 amide bonds. The highest BCUT2D eigenvalue weighted by molar-refractivity contribution is 7.98. The summed E-state index contributed by atoms with van der Waals surface area (Å²) in [6.07, 6.45) is 3.22. The number of benzene rings is 1. The summed E-state index contributed by atoms with van der Waals surface area (Å²) >= 11 is 7.95. The van der Waals surface area contributed by atoms with Gasteiger partial charge in [0.05, 0.1) is 0 Å². The fraction of sp³-hybridized carbons (Fsp3) is 0.500. The highest BCUT2D eigenvalue weighted by Gasteiger charge is 1.98. The zero-order chi connectivity index (χ0) is 10.9. The van der Waals surface area contributed by atoms with Gasteiger partial charge in [0, 0.05) is 17.4 Å². The lowest BCUT2D eigenvalue weighted by molar-refractivity contribution is 0.284. The van der Waals surface area contributed by atoms with Crippen molar-refractivity contribution in [2.45, 2.75) is 25.0 Å². The molecule has 84 valence electrons. The molecule has 3 heteroatoms. The molecule has 15 heavy (non-hydrogen) atoms. The van der Waals surface area contributed by atoms with E-state index < -0.39 is 0 Å². The van der Waals surface area contributed by atoms with Gasteiger partial charge in [-0.15, -0.1) is 0 Å². The number of rotatable bonds is 7. The van der Waals surface area contributed by atoms with Crippen LogP contribution in [-0.4, -0.2) is 17.5 Å². The summed E-state index contributed by atoms with van der Waals surface area (Å²) in [6, 6.07) is 7.98. The maximum absolute atomic E-state index is 8.61. The fourth-order valence-corrected chi connectivity index (χ4v) is 2.60. The Balaban J connectivity index is 2.12. The second kappa shape index (κ2) is 8.03. The molecule has 0 fully saturated rings. The van der Waals surface area contributed by atoms with E-state index in [1.54, 1.807) is 0 Å². The van der Waals surface area contributed by atoms with Crippen molar-refractivity contribution in [2.75, 3.05) is 12.4 Å². The van der Waals surface area contributed by atoms with Crippen LogP contribution in [0.2, 0.25) is 5.02 Å². The first kappa shape index (κ1) is 12.9. The molecule has 1 rings (SSSR count). The lowest BCUT2D eigenvalue weighted by Crippen LogP contribution is -1.87. The first-order chi connectivity index (χ1) is 7.34. The van der Waals surface area contributed by atoms with E-state index in [1.165, 1.54) is 12.0 Å². The first-order valence-electron chi connectivity index (χ1n) is 5.26. The van der Waals surface area contributed by atoms with Gasteiger partial charge >= 0.3 is 0 Å². The molecule has 1 aromatic carbocycles. The number of hydrogen-bond donors (Lipinski definition) is 1. The van der Waals surface area contributed by atoms with Crippen LogP contribution in [0.25, 0.3) is 0 Å². The van der Waals surface area contributed by atoms with E-state index in [0.29, 0.717) is 6.61 Å². The van der Waals surface area contributed by atoms with Crippen LogP contribution in [0.1, 0.15) is 24.8 Å². The highest BCUT2D eigenvalue weighted by Crippen LogP contribution is 2.21. The minimum absolute atomic E-state index is 0.315. The van der Waals surface area contributed by atoms with Gasteiger partial charge in [0.25, 0.3) is 0 Å². The molecular weight excluding hydrogens is 228 g/mol. The summed E-state index contributed by atoms with van der Waals surface area (Å²) < 4.78 is 0. The molecule has 0 aliphatic heterocycles. The van der Waals surface area contributed by atoms with Gasteiger partial charge in [-0.05, 0) is 30.2 Å². The third-order valence-corrected chi connectivity index (χ3v) is 3.62. The van der Waals surface area contributed by atoms with Crippen LogP contribution in [-0.2, 0) is 5.75 Å². The lowest BCUT2D eigenvalue weighted by Gasteiger charge is -2.03. The van der Waals surface area contributed by atoms with E-state index in [2.05, 4.69) is 6.07 Å². The minimum atomic E-state index is 0.315. The van der Waals surface area contributed by atoms with Gasteiger partial charge in [-0.2, -0.15) is 11.8 Å². The predicted octanol–water partition coefficient (Wildman–Crippen LogP) is 3.74. The summed E-state index contributed by atoms with van der Waals surface area (Å²) in [5, 5.41) is 9.47. The third kappa shape index (κ3) is 5.45. The molecule has 1 nitrogen and oxygen atoms in total. The Labute approximate surface area is 101 Å². The molecule has 0 unspecified atom stereocenters. The Morgan fingerprint density at radius 2 is 1.93 bits per heavy atom. The van der Waals surface area contributed by atoms with Crippen LogP contribution in [0.4, 0.5) is 0 Å². The van der Waals surface area contributed by atoms with E-state index in [9.17, 15) is 0 Å². The maximum Gasteiger partial charge on any atom is 0.0446 e. The van der Waals surface area contributed by atoms with Gasteiger partial charge in [-0.25, -0.2) is 0 Å². The molecule has 0 spiro atoms. The van der Waals surface area contributed by atoms with Gasteiger partial charge in [-0.1, -0.05) is 36.2 Å². The Hall–Kier alpha value is -0.180. The Kier molecular flexibility index (Phi) is 6.90. The van der Waals surface area contributed by atoms with Crippen LogP contribution < -0.4 is 0 Å². The molecule has 0 bridgehead atoms. The Morgan fingerprint density at radius 3 is 2.67 bits per heavy atom. The van der Waals surface area contributed by atoms with Crippen molar-refractivity contribution in [1.82, 2.24) is 0 Å². The standard InChI is InChI=1S/C12H17ClOS/c13-12-7-3-2-6-11(12)10-15-9-5-1-4-8-14/h2-3,6-7,14H,1,4-5,8-10H2. The second-order valence-corrected chi connectivity index (χ2v) is 4.94. The molecule has 0 atom stereocenters. The topological polar surface area (TPSA) is 20.2 Å². The van der Waals surface area contributed by atoms with Crippen LogP contribution in [0.15, 0.2) is 24.3 Å².